The lowest BCUT2D eigenvalue weighted by atomic mass is 10.1. The molecule has 0 heterocycles. The first-order valence-corrected chi connectivity index (χ1v) is 6.75. The summed E-state index contributed by atoms with van der Waals surface area (Å²) in [6.45, 7) is 0.533. The van der Waals surface area contributed by atoms with Gasteiger partial charge in [-0.25, -0.2) is 0 Å². The van der Waals surface area contributed by atoms with E-state index in [4.69, 9.17) is 23.2 Å². The van der Waals surface area contributed by atoms with E-state index in [-0.39, 0.29) is 10.6 Å². The average molecular weight is 311 g/mol. The Morgan fingerprint density at radius 1 is 1.10 bits per heavy atom. The molecular weight excluding hydrogens is 299 g/mol. The second kappa shape index (κ2) is 6.59. The molecule has 0 aliphatic rings. The quantitative estimate of drug-likeness (QED) is 0.650. The molecule has 0 saturated heterocycles. The number of nitro benzene ring substituents is 1. The molecular formula is C14H12Cl2N2O2. The number of benzene rings is 2. The number of para-hydroxylation sites is 1. The summed E-state index contributed by atoms with van der Waals surface area (Å²) >= 11 is 12.0. The lowest BCUT2D eigenvalue weighted by Crippen LogP contribution is -2.07. The van der Waals surface area contributed by atoms with Crippen molar-refractivity contribution in [3.05, 3.63) is 68.2 Å². The summed E-state index contributed by atoms with van der Waals surface area (Å²) in [5, 5.41) is 15.0. The number of nitrogens with one attached hydrogen (secondary N) is 1. The summed E-state index contributed by atoms with van der Waals surface area (Å²) in [4.78, 5) is 10.5. The minimum Gasteiger partial charge on any atom is -0.383 e. The zero-order chi connectivity index (χ0) is 14.5. The van der Waals surface area contributed by atoms with E-state index in [1.807, 2.05) is 6.07 Å². The Kier molecular flexibility index (Phi) is 4.82. The van der Waals surface area contributed by atoms with Gasteiger partial charge in [0.25, 0.3) is 5.69 Å². The second-order valence-corrected chi connectivity index (χ2v) is 4.95. The van der Waals surface area contributed by atoms with Gasteiger partial charge in [-0.15, -0.1) is 0 Å². The minimum absolute atomic E-state index is 0.131. The fraction of sp³-hybridized carbons (Fsp3) is 0.143. The van der Waals surface area contributed by atoms with Crippen LogP contribution in [0, 0.1) is 10.1 Å². The summed E-state index contributed by atoms with van der Waals surface area (Å²) in [5.41, 5.74) is 1.53. The first-order chi connectivity index (χ1) is 9.59. The Morgan fingerprint density at radius 2 is 1.85 bits per heavy atom. The number of halogens is 2. The molecule has 6 heteroatoms. The van der Waals surface area contributed by atoms with Crippen LogP contribution in [-0.4, -0.2) is 11.5 Å². The van der Waals surface area contributed by atoms with E-state index in [2.05, 4.69) is 5.32 Å². The van der Waals surface area contributed by atoms with E-state index in [1.54, 1.807) is 30.3 Å². The highest BCUT2D eigenvalue weighted by atomic mass is 35.5. The second-order valence-electron chi connectivity index (χ2n) is 4.16. The van der Waals surface area contributed by atoms with Crippen molar-refractivity contribution in [2.75, 3.05) is 11.9 Å². The number of hydrogen-bond acceptors (Lipinski definition) is 3. The van der Waals surface area contributed by atoms with Crippen molar-refractivity contribution < 1.29 is 4.92 Å². The van der Waals surface area contributed by atoms with E-state index in [0.29, 0.717) is 28.6 Å². The van der Waals surface area contributed by atoms with Gasteiger partial charge in [-0.3, -0.25) is 10.1 Å². The van der Waals surface area contributed by atoms with Crippen LogP contribution >= 0.6 is 23.2 Å². The van der Waals surface area contributed by atoms with Gasteiger partial charge in [-0.2, -0.15) is 0 Å². The Morgan fingerprint density at radius 3 is 2.60 bits per heavy atom. The summed E-state index contributed by atoms with van der Waals surface area (Å²) in [5.74, 6) is 0. The number of nitrogens with zero attached hydrogens (tertiary/aromatic N) is 1. The van der Waals surface area contributed by atoms with Crippen LogP contribution in [0.1, 0.15) is 5.56 Å². The summed E-state index contributed by atoms with van der Waals surface area (Å²) in [6, 6.07) is 12.0. The van der Waals surface area contributed by atoms with Gasteiger partial charge in [0.15, 0.2) is 0 Å². The predicted molar refractivity (Wildman–Crippen MR) is 81.8 cm³/mol. The van der Waals surface area contributed by atoms with Crippen molar-refractivity contribution in [1.82, 2.24) is 0 Å². The van der Waals surface area contributed by atoms with Crippen molar-refractivity contribution in [3.63, 3.8) is 0 Å². The number of anilines is 1. The molecule has 0 bridgehead atoms. The van der Waals surface area contributed by atoms with E-state index < -0.39 is 0 Å². The average Bonchev–Trinajstić information content (AvgIpc) is 2.44. The van der Waals surface area contributed by atoms with Gasteiger partial charge in [0.05, 0.1) is 20.7 Å². The topological polar surface area (TPSA) is 55.2 Å². The third-order valence-electron chi connectivity index (χ3n) is 2.85. The van der Waals surface area contributed by atoms with Gasteiger partial charge in [0.2, 0.25) is 0 Å². The van der Waals surface area contributed by atoms with Gasteiger partial charge < -0.3 is 5.32 Å². The summed E-state index contributed by atoms with van der Waals surface area (Å²) in [7, 11) is 0. The SMILES string of the molecule is O=[N+]([O-])c1ccccc1CCNc1cccc(Cl)c1Cl. The first kappa shape index (κ1) is 14.6. The van der Waals surface area contributed by atoms with Crippen LogP contribution in [0.3, 0.4) is 0 Å². The van der Waals surface area contributed by atoms with Crippen molar-refractivity contribution >= 4 is 34.6 Å². The lowest BCUT2D eigenvalue weighted by molar-refractivity contribution is -0.385. The Labute approximate surface area is 126 Å². The van der Waals surface area contributed by atoms with Crippen LogP contribution in [0.15, 0.2) is 42.5 Å². The van der Waals surface area contributed by atoms with Gasteiger partial charge in [-0.1, -0.05) is 47.5 Å². The Balaban J connectivity index is 2.03. The maximum Gasteiger partial charge on any atom is 0.272 e. The number of hydrogen-bond donors (Lipinski definition) is 1. The van der Waals surface area contributed by atoms with E-state index >= 15 is 0 Å². The first-order valence-electron chi connectivity index (χ1n) is 6.00. The van der Waals surface area contributed by atoms with Crippen molar-refractivity contribution in [2.24, 2.45) is 0 Å². The largest absolute Gasteiger partial charge is 0.383 e. The van der Waals surface area contributed by atoms with Crippen LogP contribution in [0.4, 0.5) is 11.4 Å². The standard InChI is InChI=1S/C14H12Cl2N2O2/c15-11-5-3-6-12(14(11)16)17-9-8-10-4-1-2-7-13(10)18(19)20/h1-7,17H,8-9H2. The number of rotatable bonds is 5. The molecule has 0 atom stereocenters. The molecule has 0 aliphatic heterocycles. The molecule has 0 amide bonds. The normalized spacial score (nSPS) is 10.3. The van der Waals surface area contributed by atoms with Crippen molar-refractivity contribution in [1.29, 1.82) is 0 Å². The molecule has 0 spiro atoms. The molecule has 20 heavy (non-hydrogen) atoms. The third-order valence-corrected chi connectivity index (χ3v) is 3.67. The van der Waals surface area contributed by atoms with Crippen LogP contribution in [0.25, 0.3) is 0 Å². The van der Waals surface area contributed by atoms with Gasteiger partial charge >= 0.3 is 0 Å². The van der Waals surface area contributed by atoms with Crippen LogP contribution in [-0.2, 0) is 6.42 Å². The fourth-order valence-electron chi connectivity index (χ4n) is 1.87. The zero-order valence-electron chi connectivity index (χ0n) is 10.5. The van der Waals surface area contributed by atoms with Crippen molar-refractivity contribution in [3.8, 4) is 0 Å². The molecule has 0 saturated carbocycles. The molecule has 1 N–H and O–H groups in total. The molecule has 2 aromatic carbocycles. The molecule has 0 aliphatic carbocycles. The fourth-order valence-corrected chi connectivity index (χ4v) is 2.24. The van der Waals surface area contributed by atoms with Gasteiger partial charge in [0, 0.05) is 18.2 Å². The smallest absolute Gasteiger partial charge is 0.272 e. The molecule has 0 radical (unpaired) electrons. The third kappa shape index (κ3) is 3.40. The lowest BCUT2D eigenvalue weighted by Gasteiger charge is -2.09. The zero-order valence-corrected chi connectivity index (χ0v) is 12.0. The highest BCUT2D eigenvalue weighted by molar-refractivity contribution is 6.43. The molecule has 4 nitrogen and oxygen atoms in total. The van der Waals surface area contributed by atoms with Crippen molar-refractivity contribution in [2.45, 2.75) is 6.42 Å². The molecule has 104 valence electrons. The highest BCUT2D eigenvalue weighted by Crippen LogP contribution is 2.29. The number of nitro groups is 1. The van der Waals surface area contributed by atoms with Gasteiger partial charge in [0.1, 0.15) is 0 Å². The van der Waals surface area contributed by atoms with Crippen LogP contribution in [0.5, 0.6) is 0 Å². The Bertz CT molecular complexity index is 632. The Hall–Kier alpha value is -1.78. The highest BCUT2D eigenvalue weighted by Gasteiger charge is 2.11. The summed E-state index contributed by atoms with van der Waals surface area (Å²) in [6.07, 6.45) is 0.528. The molecule has 2 aromatic rings. The molecule has 0 fully saturated rings. The summed E-state index contributed by atoms with van der Waals surface area (Å²) < 4.78 is 0. The minimum atomic E-state index is -0.373. The molecule has 0 unspecified atom stereocenters. The van der Waals surface area contributed by atoms with Crippen LogP contribution < -0.4 is 5.32 Å². The van der Waals surface area contributed by atoms with Crippen LogP contribution in [0.2, 0.25) is 10.0 Å². The van der Waals surface area contributed by atoms with Gasteiger partial charge in [-0.05, 0) is 18.6 Å². The van der Waals surface area contributed by atoms with E-state index in [0.717, 1.165) is 5.69 Å². The van der Waals surface area contributed by atoms with E-state index in [1.165, 1.54) is 6.07 Å². The molecule has 2 rings (SSSR count). The maximum atomic E-state index is 10.9. The maximum absolute atomic E-state index is 10.9. The van der Waals surface area contributed by atoms with E-state index in [9.17, 15) is 10.1 Å². The predicted octanol–water partition coefficient (Wildman–Crippen LogP) is 4.56. The molecule has 0 aromatic heterocycles. The monoisotopic (exact) mass is 310 g/mol.